The van der Waals surface area contributed by atoms with Crippen LogP contribution < -0.4 is 9.30 Å². The van der Waals surface area contributed by atoms with Gasteiger partial charge < -0.3 is 4.74 Å². The van der Waals surface area contributed by atoms with Crippen LogP contribution >= 0.6 is 0 Å². The van der Waals surface area contributed by atoms with Gasteiger partial charge in [0.25, 0.3) is 6.33 Å². The molecule has 0 amide bonds. The van der Waals surface area contributed by atoms with Gasteiger partial charge in [-0.15, -0.1) is 0 Å². The minimum Gasteiger partial charge on any atom is -0.458 e. The van der Waals surface area contributed by atoms with Crippen LogP contribution in [0.2, 0.25) is 0 Å². The third kappa shape index (κ3) is 6.30. The molecule has 0 radical (unpaired) electrons. The molecule has 0 bridgehead atoms. The molecule has 252 valence electrons. The number of nitrogens with zero attached hydrogens (tertiary/aromatic N) is 5. The molecular weight excluding hydrogens is 627 g/mol. The lowest BCUT2D eigenvalue weighted by Crippen LogP contribution is -2.29. The summed E-state index contributed by atoms with van der Waals surface area (Å²) in [6, 6.07) is 40.1. The van der Waals surface area contributed by atoms with Gasteiger partial charge in [-0.25, -0.2) is 4.98 Å². The van der Waals surface area contributed by atoms with Crippen LogP contribution in [-0.2, 0) is 10.8 Å². The second-order valence-electron chi connectivity index (χ2n) is 15.2. The van der Waals surface area contributed by atoms with Crippen molar-refractivity contribution in [2.24, 2.45) is 0 Å². The lowest BCUT2D eigenvalue weighted by atomic mass is 9.85. The Morgan fingerprint density at radius 3 is 2.10 bits per heavy atom. The van der Waals surface area contributed by atoms with Crippen molar-refractivity contribution in [2.45, 2.75) is 52.4 Å². The lowest BCUT2D eigenvalue weighted by molar-refractivity contribution is -0.599. The number of imidazole rings is 1. The van der Waals surface area contributed by atoms with Gasteiger partial charge in [0.1, 0.15) is 17.3 Å². The highest BCUT2D eigenvalue weighted by molar-refractivity contribution is 6.09. The fourth-order valence-electron chi connectivity index (χ4n) is 6.57. The second kappa shape index (κ2) is 12.4. The van der Waals surface area contributed by atoms with Crippen molar-refractivity contribution >= 4 is 21.8 Å². The Bertz CT molecular complexity index is 2530. The van der Waals surface area contributed by atoms with E-state index in [0.29, 0.717) is 11.6 Å². The molecule has 6 nitrogen and oxygen atoms in total. The number of ether oxygens (including phenoxy) is 1. The maximum absolute atomic E-state index is 6.52. The van der Waals surface area contributed by atoms with Crippen molar-refractivity contribution in [1.29, 1.82) is 0 Å². The highest BCUT2D eigenvalue weighted by Crippen LogP contribution is 2.36. The van der Waals surface area contributed by atoms with E-state index in [-0.39, 0.29) is 10.8 Å². The topological polar surface area (TPSA) is 48.8 Å². The Labute approximate surface area is 299 Å². The summed E-state index contributed by atoms with van der Waals surface area (Å²) in [6.07, 6.45) is 11.1. The monoisotopic (exact) mass is 667 g/mol. The summed E-state index contributed by atoms with van der Waals surface area (Å²) >= 11 is 0. The van der Waals surface area contributed by atoms with Crippen LogP contribution in [0.5, 0.6) is 11.5 Å². The molecule has 0 aliphatic heterocycles. The summed E-state index contributed by atoms with van der Waals surface area (Å²) in [6.45, 7) is 13.4. The van der Waals surface area contributed by atoms with Gasteiger partial charge in [0.2, 0.25) is 0 Å². The van der Waals surface area contributed by atoms with Gasteiger partial charge in [0, 0.05) is 47.7 Å². The zero-order valence-corrected chi connectivity index (χ0v) is 29.9. The average Bonchev–Trinajstić information content (AvgIpc) is 3.75. The molecule has 4 aromatic heterocycles. The van der Waals surface area contributed by atoms with Crippen molar-refractivity contribution in [1.82, 2.24) is 19.1 Å². The van der Waals surface area contributed by atoms with E-state index in [1.165, 1.54) is 27.6 Å². The molecule has 0 aliphatic carbocycles. The van der Waals surface area contributed by atoms with Crippen molar-refractivity contribution in [3.05, 3.63) is 158 Å². The number of hydrogen-bond donors (Lipinski definition) is 0. The van der Waals surface area contributed by atoms with E-state index in [2.05, 4.69) is 148 Å². The van der Waals surface area contributed by atoms with Crippen LogP contribution in [0.3, 0.4) is 0 Å². The molecule has 0 atom stereocenters. The van der Waals surface area contributed by atoms with Crippen molar-refractivity contribution in [2.75, 3.05) is 0 Å². The lowest BCUT2D eigenvalue weighted by Gasteiger charge is -2.21. The van der Waals surface area contributed by atoms with E-state index in [4.69, 9.17) is 9.72 Å². The molecule has 0 N–H and O–H groups in total. The van der Waals surface area contributed by atoms with E-state index in [9.17, 15) is 0 Å². The minimum atomic E-state index is -0.0136. The third-order valence-corrected chi connectivity index (χ3v) is 9.43. The molecule has 4 aromatic carbocycles. The number of rotatable bonds is 6. The van der Waals surface area contributed by atoms with Gasteiger partial charge >= 0.3 is 0 Å². The Hall–Kier alpha value is -6.01. The molecule has 0 unspecified atom stereocenters. The summed E-state index contributed by atoms with van der Waals surface area (Å²) in [5.41, 5.74) is 8.02. The summed E-state index contributed by atoms with van der Waals surface area (Å²) in [5, 5.41) is 2.32. The molecule has 6 heteroatoms. The standard InChI is InChI=1S/C45H41N5O/c1-44(2,3)33-18-20-47-43(27-33)50-40-15-11-10-14-38(40)39-17-16-36(28-41(39)50)51-37-19-21-46-42(29-37)49-23-22-48(30-49)35-25-32(31-12-8-7-9-13-31)24-34(26-35)45(4,5)6/h7-29H,1-6H3. The molecule has 51 heavy (non-hydrogen) atoms. The Balaban J connectivity index is 1.13. The zero-order chi connectivity index (χ0) is 35.3. The van der Waals surface area contributed by atoms with Gasteiger partial charge in [0.05, 0.1) is 16.7 Å². The quantitative estimate of drug-likeness (QED) is 0.131. The number of benzene rings is 4. The molecule has 8 rings (SSSR count). The predicted molar refractivity (Wildman–Crippen MR) is 205 cm³/mol. The Morgan fingerprint density at radius 2 is 1.29 bits per heavy atom. The fraction of sp³-hybridized carbons (Fsp3) is 0.178. The normalized spacial score (nSPS) is 12.1. The van der Waals surface area contributed by atoms with Crippen molar-refractivity contribution in [3.8, 4) is 39.9 Å². The smallest absolute Gasteiger partial charge is 0.270 e. The van der Waals surface area contributed by atoms with E-state index in [1.807, 2.05) is 52.0 Å². The number of aromatic nitrogens is 5. The Morgan fingerprint density at radius 1 is 0.588 bits per heavy atom. The molecule has 8 aromatic rings. The number of pyridine rings is 2. The Kier molecular flexibility index (Phi) is 7.83. The minimum absolute atomic E-state index is 0.00174. The molecule has 0 fully saturated rings. The van der Waals surface area contributed by atoms with E-state index in [1.54, 1.807) is 6.20 Å². The first-order valence-corrected chi connectivity index (χ1v) is 17.4. The maximum atomic E-state index is 6.52. The summed E-state index contributed by atoms with van der Waals surface area (Å²) in [5.74, 6) is 3.01. The van der Waals surface area contributed by atoms with Gasteiger partial charge in [-0.1, -0.05) is 96.1 Å². The van der Waals surface area contributed by atoms with Gasteiger partial charge in [-0.2, -0.15) is 0 Å². The van der Waals surface area contributed by atoms with Crippen LogP contribution in [0.25, 0.3) is 50.3 Å². The SMILES string of the molecule is CC(C)(C)c1cc(-c2ccccc2)cc(-[n+]2[c-]n(-c3cc(Oc4ccc5c6ccccc6n(-c6cc(C(C)(C)C)ccn6)c5c4)ccn3)cc2)c1. The van der Waals surface area contributed by atoms with Crippen molar-refractivity contribution in [3.63, 3.8) is 0 Å². The predicted octanol–water partition coefficient (Wildman–Crippen LogP) is 10.5. The van der Waals surface area contributed by atoms with Crippen LogP contribution in [-0.4, -0.2) is 19.1 Å². The molecule has 0 saturated carbocycles. The highest BCUT2D eigenvalue weighted by atomic mass is 16.5. The number of fused-ring (bicyclic) bond motifs is 3. The zero-order valence-electron chi connectivity index (χ0n) is 29.9. The second-order valence-corrected chi connectivity index (χ2v) is 15.2. The van der Waals surface area contributed by atoms with E-state index in [0.717, 1.165) is 33.7 Å². The maximum Gasteiger partial charge on any atom is 0.270 e. The van der Waals surface area contributed by atoms with E-state index < -0.39 is 0 Å². The first kappa shape index (κ1) is 32.2. The highest BCUT2D eigenvalue weighted by Gasteiger charge is 2.19. The van der Waals surface area contributed by atoms with Crippen LogP contribution in [0.1, 0.15) is 52.7 Å². The molecule has 0 aliphatic rings. The number of hydrogen-bond acceptors (Lipinski definition) is 3. The van der Waals surface area contributed by atoms with Crippen LogP contribution in [0.4, 0.5) is 0 Å². The fourth-order valence-corrected chi connectivity index (χ4v) is 6.57. The van der Waals surface area contributed by atoms with Crippen LogP contribution in [0.15, 0.2) is 140 Å². The average molecular weight is 668 g/mol. The third-order valence-electron chi connectivity index (χ3n) is 9.43. The van der Waals surface area contributed by atoms with Gasteiger partial charge in [-0.05, 0) is 81.6 Å². The summed E-state index contributed by atoms with van der Waals surface area (Å²) in [4.78, 5) is 9.49. The molecule has 0 saturated heterocycles. The van der Waals surface area contributed by atoms with Crippen LogP contribution in [0, 0.1) is 6.33 Å². The van der Waals surface area contributed by atoms with E-state index >= 15 is 0 Å². The number of para-hydroxylation sites is 1. The van der Waals surface area contributed by atoms with Gasteiger partial charge in [-0.3, -0.25) is 18.7 Å². The summed E-state index contributed by atoms with van der Waals surface area (Å²) < 4.78 is 12.7. The molecule has 0 spiro atoms. The van der Waals surface area contributed by atoms with Crippen molar-refractivity contribution < 1.29 is 9.30 Å². The molecular formula is C45H41N5O. The first-order chi connectivity index (χ1) is 24.5. The summed E-state index contributed by atoms with van der Waals surface area (Å²) in [7, 11) is 0. The first-order valence-electron chi connectivity index (χ1n) is 17.4. The molecule has 4 heterocycles. The largest absolute Gasteiger partial charge is 0.458 e. The van der Waals surface area contributed by atoms with Gasteiger partial charge in [0.15, 0.2) is 5.82 Å².